The van der Waals surface area contributed by atoms with E-state index in [1.54, 1.807) is 13.8 Å². The van der Waals surface area contributed by atoms with E-state index in [9.17, 15) is 9.59 Å². The number of hydrogen-bond acceptors (Lipinski definition) is 4. The molecule has 0 aromatic rings. The van der Waals surface area contributed by atoms with Crippen LogP contribution in [-0.2, 0) is 9.59 Å². The number of amides is 2. The fourth-order valence-electron chi connectivity index (χ4n) is 1.83. The van der Waals surface area contributed by atoms with Crippen molar-refractivity contribution in [2.75, 3.05) is 0 Å². The molecule has 1 aliphatic heterocycles. The number of rotatable bonds is 1. The van der Waals surface area contributed by atoms with Crippen molar-refractivity contribution in [2.45, 2.75) is 13.8 Å². The second kappa shape index (κ2) is 3.59. The molecule has 80 valence electrons. The molecule has 6 heteroatoms. The summed E-state index contributed by atoms with van der Waals surface area (Å²) in [7, 11) is 0. The Morgan fingerprint density at radius 1 is 1.67 bits per heavy atom. The Morgan fingerprint density at radius 2 is 2.20 bits per heavy atom. The molecule has 1 saturated heterocycles. The van der Waals surface area contributed by atoms with Gasteiger partial charge in [0.05, 0.1) is 17.0 Å². The van der Waals surface area contributed by atoms with Gasteiger partial charge in [0.2, 0.25) is 11.8 Å². The van der Waals surface area contributed by atoms with E-state index in [0.717, 1.165) is 0 Å². The first-order valence-electron chi connectivity index (χ1n) is 4.36. The van der Waals surface area contributed by atoms with Gasteiger partial charge in [-0.15, -0.1) is 0 Å². The molecule has 1 aliphatic rings. The highest BCUT2D eigenvalue weighted by atomic mass is 32.1. The largest absolute Gasteiger partial charge is 0.369 e. The lowest BCUT2D eigenvalue weighted by Crippen LogP contribution is -2.58. The predicted molar refractivity (Wildman–Crippen MR) is 56.3 cm³/mol. The first-order valence-corrected chi connectivity index (χ1v) is 4.76. The number of carbonyl (C=O) groups is 2. The molecule has 5 nitrogen and oxygen atoms in total. The summed E-state index contributed by atoms with van der Waals surface area (Å²) in [5.41, 5.74) is 4.35. The van der Waals surface area contributed by atoms with Crippen LogP contribution in [0.25, 0.3) is 0 Å². The lowest BCUT2D eigenvalue weighted by molar-refractivity contribution is -0.131. The summed E-state index contributed by atoms with van der Waals surface area (Å²) in [6, 6.07) is 1.87. The second-order valence-electron chi connectivity index (χ2n) is 4.07. The maximum Gasteiger partial charge on any atom is 0.242 e. The van der Waals surface area contributed by atoms with E-state index in [1.807, 2.05) is 6.07 Å². The molecular formula is C9H11N3O2S. The number of nitrogens with one attached hydrogen (secondary N) is 1. The normalized spacial score (nSPS) is 29.1. The Labute approximate surface area is 92.6 Å². The molecule has 1 rings (SSSR count). The summed E-state index contributed by atoms with van der Waals surface area (Å²) in [6.07, 6.45) is 0. The Bertz CT molecular complexity index is 383. The summed E-state index contributed by atoms with van der Waals surface area (Å²) < 4.78 is 0. The minimum absolute atomic E-state index is 0.101. The number of nitriles is 1. The van der Waals surface area contributed by atoms with Crippen molar-refractivity contribution in [1.82, 2.24) is 5.32 Å². The summed E-state index contributed by atoms with van der Waals surface area (Å²) in [6.45, 7) is 3.28. The molecular weight excluding hydrogens is 214 g/mol. The molecule has 15 heavy (non-hydrogen) atoms. The zero-order valence-electron chi connectivity index (χ0n) is 8.40. The third-order valence-electron chi connectivity index (χ3n) is 2.67. The molecule has 0 aromatic carbocycles. The zero-order valence-corrected chi connectivity index (χ0v) is 9.22. The van der Waals surface area contributed by atoms with Gasteiger partial charge in [-0.2, -0.15) is 5.26 Å². The van der Waals surface area contributed by atoms with Crippen LogP contribution >= 0.6 is 12.2 Å². The molecule has 0 bridgehead atoms. The van der Waals surface area contributed by atoms with Crippen LogP contribution in [0.15, 0.2) is 0 Å². The molecule has 0 unspecified atom stereocenters. The SMILES string of the molecule is CC1(C)[C@@H](C(N)=O)C(=S)NC(=O)[C@@H]1C#N. The predicted octanol–water partition coefficient (Wildman–Crippen LogP) is -0.289. The van der Waals surface area contributed by atoms with Crippen LogP contribution in [0.3, 0.4) is 0 Å². The van der Waals surface area contributed by atoms with E-state index in [4.69, 9.17) is 23.2 Å². The maximum atomic E-state index is 11.4. The molecule has 2 atom stereocenters. The van der Waals surface area contributed by atoms with Crippen LogP contribution in [0, 0.1) is 28.6 Å². The highest BCUT2D eigenvalue weighted by Gasteiger charge is 2.50. The summed E-state index contributed by atoms with van der Waals surface area (Å²) >= 11 is 4.89. The van der Waals surface area contributed by atoms with Gasteiger partial charge in [-0.25, -0.2) is 0 Å². The number of nitrogens with two attached hydrogens (primary N) is 1. The maximum absolute atomic E-state index is 11.4. The Hall–Kier alpha value is -1.48. The van der Waals surface area contributed by atoms with Gasteiger partial charge in [0.25, 0.3) is 0 Å². The van der Waals surface area contributed by atoms with Crippen molar-refractivity contribution in [3.05, 3.63) is 0 Å². The molecule has 0 aliphatic carbocycles. The van der Waals surface area contributed by atoms with Gasteiger partial charge in [0.1, 0.15) is 5.92 Å². The summed E-state index contributed by atoms with van der Waals surface area (Å²) in [5.74, 6) is -2.79. The van der Waals surface area contributed by atoms with Crippen LogP contribution in [0.1, 0.15) is 13.8 Å². The first kappa shape index (κ1) is 11.6. The molecule has 1 fully saturated rings. The molecule has 0 aromatic heterocycles. The lowest BCUT2D eigenvalue weighted by Gasteiger charge is -2.39. The fraction of sp³-hybridized carbons (Fsp3) is 0.556. The average molecular weight is 225 g/mol. The highest BCUT2D eigenvalue weighted by Crippen LogP contribution is 2.38. The minimum atomic E-state index is -0.915. The monoisotopic (exact) mass is 225 g/mol. The van der Waals surface area contributed by atoms with Crippen LogP contribution in [0.4, 0.5) is 0 Å². The van der Waals surface area contributed by atoms with Crippen molar-refractivity contribution in [3.63, 3.8) is 0 Å². The van der Waals surface area contributed by atoms with E-state index < -0.39 is 29.1 Å². The van der Waals surface area contributed by atoms with Gasteiger partial charge in [0.15, 0.2) is 0 Å². The van der Waals surface area contributed by atoms with Crippen molar-refractivity contribution >= 4 is 29.0 Å². The number of piperidine rings is 1. The number of nitrogens with zero attached hydrogens (tertiary/aromatic N) is 1. The van der Waals surface area contributed by atoms with Crippen molar-refractivity contribution in [1.29, 1.82) is 5.26 Å². The minimum Gasteiger partial charge on any atom is -0.369 e. The Morgan fingerprint density at radius 3 is 2.60 bits per heavy atom. The quantitative estimate of drug-likeness (QED) is 0.599. The van der Waals surface area contributed by atoms with Gasteiger partial charge < -0.3 is 11.1 Å². The third kappa shape index (κ3) is 1.70. The van der Waals surface area contributed by atoms with E-state index in [2.05, 4.69) is 5.32 Å². The lowest BCUT2D eigenvalue weighted by atomic mass is 9.66. The van der Waals surface area contributed by atoms with Crippen molar-refractivity contribution in [2.24, 2.45) is 23.0 Å². The van der Waals surface area contributed by atoms with Crippen LogP contribution in [0.5, 0.6) is 0 Å². The first-order chi connectivity index (χ1) is 6.82. The standard InChI is InChI=1S/C9H11N3O2S/c1-9(2)4(3-10)7(14)12-8(15)5(9)6(11)13/h4-5H,1-2H3,(H2,11,13)(H,12,14,15)/t4-,5-/m0/s1. The van der Waals surface area contributed by atoms with Crippen LogP contribution in [0.2, 0.25) is 0 Å². The van der Waals surface area contributed by atoms with Crippen molar-refractivity contribution in [3.8, 4) is 6.07 Å². The number of hydrogen-bond donors (Lipinski definition) is 2. The number of carbonyl (C=O) groups excluding carboxylic acids is 2. The second-order valence-corrected chi connectivity index (χ2v) is 4.51. The smallest absolute Gasteiger partial charge is 0.242 e. The zero-order chi connectivity index (χ0) is 11.8. The van der Waals surface area contributed by atoms with E-state index in [-0.39, 0.29) is 4.99 Å². The Kier molecular flexibility index (Phi) is 2.77. The van der Waals surface area contributed by atoms with E-state index in [0.29, 0.717) is 0 Å². The molecule has 2 amide bonds. The van der Waals surface area contributed by atoms with Gasteiger partial charge >= 0.3 is 0 Å². The number of primary amides is 1. The van der Waals surface area contributed by atoms with Crippen LogP contribution < -0.4 is 11.1 Å². The number of thiocarbonyl (C=S) groups is 1. The topological polar surface area (TPSA) is 96.0 Å². The molecule has 0 spiro atoms. The Balaban J connectivity index is 3.21. The van der Waals surface area contributed by atoms with Crippen molar-refractivity contribution < 1.29 is 9.59 Å². The van der Waals surface area contributed by atoms with Gasteiger partial charge in [-0.3, -0.25) is 9.59 Å². The summed E-state index contributed by atoms with van der Waals surface area (Å²) in [4.78, 5) is 22.8. The third-order valence-corrected chi connectivity index (χ3v) is 3.01. The molecule has 3 N–H and O–H groups in total. The van der Waals surface area contributed by atoms with Gasteiger partial charge in [0, 0.05) is 5.41 Å². The van der Waals surface area contributed by atoms with E-state index in [1.165, 1.54) is 0 Å². The average Bonchev–Trinajstić information content (AvgIpc) is 2.00. The summed E-state index contributed by atoms with van der Waals surface area (Å²) in [5, 5.41) is 11.2. The van der Waals surface area contributed by atoms with E-state index >= 15 is 0 Å². The van der Waals surface area contributed by atoms with Gasteiger partial charge in [-0.05, 0) is 0 Å². The molecule has 1 heterocycles. The van der Waals surface area contributed by atoms with Gasteiger partial charge in [-0.1, -0.05) is 26.1 Å². The highest BCUT2D eigenvalue weighted by molar-refractivity contribution is 7.80. The molecule has 0 saturated carbocycles. The van der Waals surface area contributed by atoms with Crippen LogP contribution in [-0.4, -0.2) is 16.8 Å². The fourth-order valence-corrected chi connectivity index (χ4v) is 2.35. The molecule has 0 radical (unpaired) electrons.